The van der Waals surface area contributed by atoms with Crippen molar-refractivity contribution in [2.75, 3.05) is 27.9 Å². The van der Waals surface area contributed by atoms with Gasteiger partial charge in [0.1, 0.15) is 11.5 Å². The van der Waals surface area contributed by atoms with Gasteiger partial charge in [-0.25, -0.2) is 4.99 Å². The number of nitrogens with one attached hydrogen (secondary N) is 2. The molecule has 1 aromatic heterocycles. The van der Waals surface area contributed by atoms with Crippen LogP contribution < -0.4 is 24.8 Å². The van der Waals surface area contributed by atoms with Gasteiger partial charge in [-0.2, -0.15) is 0 Å². The average molecular weight is 551 g/mol. The van der Waals surface area contributed by atoms with E-state index in [0.29, 0.717) is 31.1 Å². The molecule has 0 spiro atoms. The van der Waals surface area contributed by atoms with Crippen molar-refractivity contribution in [2.24, 2.45) is 4.99 Å². The van der Waals surface area contributed by atoms with Crippen molar-refractivity contribution in [3.63, 3.8) is 0 Å². The van der Waals surface area contributed by atoms with E-state index in [0.717, 1.165) is 35.0 Å². The molecule has 2 N–H and O–H groups in total. The fourth-order valence-electron chi connectivity index (χ4n) is 3.01. The van der Waals surface area contributed by atoms with E-state index in [1.165, 1.54) is 0 Å². The van der Waals surface area contributed by atoms with Crippen LogP contribution in [0.2, 0.25) is 0 Å². The molecule has 0 saturated carbocycles. The summed E-state index contributed by atoms with van der Waals surface area (Å²) in [7, 11) is 4.91. The molecule has 0 fully saturated rings. The van der Waals surface area contributed by atoms with Crippen molar-refractivity contribution < 1.29 is 18.6 Å². The highest BCUT2D eigenvalue weighted by Gasteiger charge is 2.06. The van der Waals surface area contributed by atoms with Gasteiger partial charge in [0.05, 0.1) is 34.1 Å². The van der Waals surface area contributed by atoms with E-state index in [1.807, 2.05) is 54.6 Å². The number of aliphatic imine (C=N–C) groups is 1. The predicted molar refractivity (Wildman–Crippen MR) is 136 cm³/mol. The Morgan fingerprint density at radius 1 is 0.875 bits per heavy atom. The minimum atomic E-state index is 0. The number of guanidine groups is 1. The van der Waals surface area contributed by atoms with Crippen molar-refractivity contribution in [1.82, 2.24) is 10.6 Å². The molecule has 172 valence electrons. The second-order valence-electron chi connectivity index (χ2n) is 6.81. The zero-order chi connectivity index (χ0) is 21.9. The number of furan rings is 1. The molecule has 7 nitrogen and oxygen atoms in total. The van der Waals surface area contributed by atoms with Crippen LogP contribution in [0.3, 0.4) is 0 Å². The Morgan fingerprint density at radius 3 is 2.28 bits per heavy atom. The van der Waals surface area contributed by atoms with Gasteiger partial charge in [-0.1, -0.05) is 18.2 Å². The Balaban J connectivity index is 0.00000363. The van der Waals surface area contributed by atoms with Gasteiger partial charge in [0.25, 0.3) is 0 Å². The van der Waals surface area contributed by atoms with Crippen LogP contribution in [0, 0.1) is 0 Å². The third kappa shape index (κ3) is 7.67. The third-order valence-corrected chi connectivity index (χ3v) is 4.73. The third-order valence-electron chi connectivity index (χ3n) is 4.73. The molecule has 0 radical (unpaired) electrons. The Bertz CT molecular complexity index is 960. The van der Waals surface area contributed by atoms with Gasteiger partial charge < -0.3 is 29.3 Å². The summed E-state index contributed by atoms with van der Waals surface area (Å²) in [5.74, 6) is 3.88. The fraction of sp³-hybridized carbons (Fsp3) is 0.292. The highest BCUT2D eigenvalue weighted by atomic mass is 127. The highest BCUT2D eigenvalue weighted by molar-refractivity contribution is 14.0. The molecule has 8 heteroatoms. The lowest BCUT2D eigenvalue weighted by atomic mass is 10.2. The van der Waals surface area contributed by atoms with E-state index in [4.69, 9.17) is 23.6 Å². The summed E-state index contributed by atoms with van der Waals surface area (Å²) in [6, 6.07) is 17.6. The Labute approximate surface area is 206 Å². The smallest absolute Gasteiger partial charge is 0.191 e. The maximum absolute atomic E-state index is 5.41. The molecule has 0 aliphatic rings. The number of methoxy groups -OCH3 is 3. The summed E-state index contributed by atoms with van der Waals surface area (Å²) in [5, 5.41) is 6.76. The predicted octanol–water partition coefficient (Wildman–Crippen LogP) is 4.40. The van der Waals surface area contributed by atoms with Crippen LogP contribution in [0.4, 0.5) is 0 Å². The number of ether oxygens (including phenoxy) is 3. The summed E-state index contributed by atoms with van der Waals surface area (Å²) >= 11 is 0. The number of hydrogen-bond donors (Lipinski definition) is 2. The van der Waals surface area contributed by atoms with E-state index < -0.39 is 0 Å². The van der Waals surface area contributed by atoms with Crippen LogP contribution in [0.15, 0.2) is 70.3 Å². The van der Waals surface area contributed by atoms with E-state index in [-0.39, 0.29) is 24.0 Å². The first kappa shape index (κ1) is 25.4. The molecular weight excluding hydrogens is 521 g/mol. The quantitative estimate of drug-likeness (QED) is 0.221. The van der Waals surface area contributed by atoms with E-state index >= 15 is 0 Å². The fourth-order valence-corrected chi connectivity index (χ4v) is 3.01. The molecule has 0 unspecified atom stereocenters. The lowest BCUT2D eigenvalue weighted by Gasteiger charge is -2.13. The largest absolute Gasteiger partial charge is 0.497 e. The molecule has 0 amide bonds. The normalized spacial score (nSPS) is 10.8. The van der Waals surface area contributed by atoms with Crippen molar-refractivity contribution in [2.45, 2.75) is 19.5 Å². The molecule has 0 atom stereocenters. The molecular formula is C24H30IN3O4. The first-order chi connectivity index (χ1) is 15.2. The monoisotopic (exact) mass is 551 g/mol. The summed E-state index contributed by atoms with van der Waals surface area (Å²) in [6.45, 7) is 1.84. The number of rotatable bonds is 10. The molecule has 0 aliphatic carbocycles. The van der Waals surface area contributed by atoms with Gasteiger partial charge in [-0.05, 0) is 47.5 Å². The van der Waals surface area contributed by atoms with Crippen LogP contribution in [-0.4, -0.2) is 33.8 Å². The Hall–Kier alpha value is -2.88. The summed E-state index contributed by atoms with van der Waals surface area (Å²) in [5.41, 5.74) is 2.15. The maximum Gasteiger partial charge on any atom is 0.191 e. The number of halogens is 1. The van der Waals surface area contributed by atoms with Crippen molar-refractivity contribution in [3.8, 4) is 17.2 Å². The van der Waals surface area contributed by atoms with E-state index in [9.17, 15) is 0 Å². The summed E-state index contributed by atoms with van der Waals surface area (Å²) < 4.78 is 21.3. The Kier molecular flexibility index (Phi) is 10.7. The van der Waals surface area contributed by atoms with Gasteiger partial charge in [0, 0.05) is 19.5 Å². The minimum Gasteiger partial charge on any atom is -0.497 e. The molecule has 3 rings (SSSR count). The summed E-state index contributed by atoms with van der Waals surface area (Å²) in [4.78, 5) is 4.74. The van der Waals surface area contributed by atoms with Gasteiger partial charge in [-0.3, -0.25) is 0 Å². The molecule has 1 heterocycles. The molecule has 32 heavy (non-hydrogen) atoms. The van der Waals surface area contributed by atoms with Gasteiger partial charge in [-0.15, -0.1) is 24.0 Å². The molecule has 0 saturated heterocycles. The maximum atomic E-state index is 5.41. The minimum absolute atomic E-state index is 0. The number of nitrogens with zero attached hydrogens (tertiary/aromatic N) is 1. The first-order valence-corrected chi connectivity index (χ1v) is 10.1. The zero-order valence-electron chi connectivity index (χ0n) is 18.6. The second-order valence-corrected chi connectivity index (χ2v) is 6.81. The summed E-state index contributed by atoms with van der Waals surface area (Å²) in [6.07, 6.45) is 2.45. The van der Waals surface area contributed by atoms with Crippen molar-refractivity contribution in [3.05, 3.63) is 77.7 Å². The van der Waals surface area contributed by atoms with Crippen LogP contribution in [-0.2, 0) is 19.5 Å². The first-order valence-electron chi connectivity index (χ1n) is 10.1. The topological polar surface area (TPSA) is 77.2 Å². The standard InChI is InChI=1S/C24H29N3O4.HI/c1-28-20-9-6-18(7-10-20)16-26-24(25-13-12-21-5-4-14-31-21)27-17-19-8-11-22(29-2)23(15-19)30-3;/h4-11,14-15H,12-13,16-17H2,1-3H3,(H2,25,26,27);1H. The number of benzene rings is 2. The highest BCUT2D eigenvalue weighted by Crippen LogP contribution is 2.27. The Morgan fingerprint density at radius 2 is 1.62 bits per heavy atom. The van der Waals surface area contributed by atoms with Crippen molar-refractivity contribution >= 4 is 29.9 Å². The van der Waals surface area contributed by atoms with Gasteiger partial charge in [0.15, 0.2) is 17.5 Å². The molecule has 2 aromatic carbocycles. The van der Waals surface area contributed by atoms with Gasteiger partial charge in [0.2, 0.25) is 0 Å². The van der Waals surface area contributed by atoms with Gasteiger partial charge >= 0.3 is 0 Å². The van der Waals surface area contributed by atoms with E-state index in [1.54, 1.807) is 27.6 Å². The van der Waals surface area contributed by atoms with Crippen LogP contribution >= 0.6 is 24.0 Å². The molecule has 0 bridgehead atoms. The van der Waals surface area contributed by atoms with E-state index in [2.05, 4.69) is 10.6 Å². The second kappa shape index (κ2) is 13.5. The zero-order valence-corrected chi connectivity index (χ0v) is 20.9. The SMILES string of the molecule is COc1ccc(CNC(=NCc2ccc(OC)c(OC)c2)NCCc2ccco2)cc1.I. The lowest BCUT2D eigenvalue weighted by molar-refractivity contribution is 0.354. The average Bonchev–Trinajstić information content (AvgIpc) is 3.34. The van der Waals surface area contributed by atoms with Crippen molar-refractivity contribution in [1.29, 1.82) is 0 Å². The lowest BCUT2D eigenvalue weighted by Crippen LogP contribution is -2.38. The number of hydrogen-bond acceptors (Lipinski definition) is 5. The van der Waals surface area contributed by atoms with Crippen LogP contribution in [0.1, 0.15) is 16.9 Å². The molecule has 3 aromatic rings. The van der Waals surface area contributed by atoms with Crippen LogP contribution in [0.5, 0.6) is 17.2 Å². The molecule has 0 aliphatic heterocycles. The van der Waals surface area contributed by atoms with Crippen LogP contribution in [0.25, 0.3) is 0 Å².